The number of ketones is 1. The third-order valence-electron chi connectivity index (χ3n) is 7.32. The SMILES string of the molecule is CC1(C(=O)O)CCC(n2ncc(C(=O)N(CC(=O)c3c(Cl)cncc3Cl)CC(C)(C)C(F)(F)F)c2C(F)(F)F)CC1. The van der Waals surface area contributed by atoms with Crippen LogP contribution in [0.2, 0.25) is 10.0 Å². The lowest BCUT2D eigenvalue weighted by molar-refractivity contribution is -0.214. The number of rotatable bonds is 8. The zero-order valence-electron chi connectivity index (χ0n) is 22.0. The van der Waals surface area contributed by atoms with E-state index in [1.807, 2.05) is 0 Å². The Hall–Kier alpha value is -2.87. The van der Waals surface area contributed by atoms with Crippen LogP contribution in [0, 0.1) is 10.8 Å². The van der Waals surface area contributed by atoms with Gasteiger partial charge in [0.25, 0.3) is 5.91 Å². The van der Waals surface area contributed by atoms with Gasteiger partial charge in [0.15, 0.2) is 11.5 Å². The third kappa shape index (κ3) is 6.79. The Morgan fingerprint density at radius 3 is 2.05 bits per heavy atom. The summed E-state index contributed by atoms with van der Waals surface area (Å²) in [5.74, 6) is -3.62. The second kappa shape index (κ2) is 11.4. The first kappa shape index (κ1) is 32.6. The Morgan fingerprint density at radius 2 is 1.59 bits per heavy atom. The smallest absolute Gasteiger partial charge is 0.433 e. The summed E-state index contributed by atoms with van der Waals surface area (Å²) >= 11 is 11.9. The highest BCUT2D eigenvalue weighted by molar-refractivity contribution is 6.39. The van der Waals surface area contributed by atoms with Crippen LogP contribution in [0.25, 0.3) is 0 Å². The van der Waals surface area contributed by atoms with Crippen LogP contribution in [0.5, 0.6) is 0 Å². The number of alkyl halides is 6. The van der Waals surface area contributed by atoms with Gasteiger partial charge < -0.3 is 10.0 Å². The van der Waals surface area contributed by atoms with E-state index in [-0.39, 0.29) is 41.3 Å². The summed E-state index contributed by atoms with van der Waals surface area (Å²) in [5, 5.41) is 12.7. The Labute approximate surface area is 240 Å². The van der Waals surface area contributed by atoms with Gasteiger partial charge in [-0.15, -0.1) is 0 Å². The van der Waals surface area contributed by atoms with E-state index in [4.69, 9.17) is 23.2 Å². The molecule has 2 heterocycles. The molecule has 1 amide bonds. The molecule has 0 unspecified atom stereocenters. The van der Waals surface area contributed by atoms with Gasteiger partial charge in [-0.05, 0) is 46.5 Å². The van der Waals surface area contributed by atoms with Gasteiger partial charge in [-0.2, -0.15) is 31.4 Å². The molecule has 0 bridgehead atoms. The number of carbonyl (C=O) groups excluding carboxylic acids is 2. The molecule has 0 atom stereocenters. The monoisotopic (exact) mass is 630 g/mol. The van der Waals surface area contributed by atoms with Crippen molar-refractivity contribution in [2.75, 3.05) is 13.1 Å². The van der Waals surface area contributed by atoms with Crippen molar-refractivity contribution in [1.29, 1.82) is 0 Å². The molecule has 0 radical (unpaired) electrons. The van der Waals surface area contributed by atoms with Crippen molar-refractivity contribution in [3.05, 3.63) is 45.5 Å². The molecule has 2 aromatic rings. The number of carbonyl (C=O) groups is 3. The van der Waals surface area contributed by atoms with Gasteiger partial charge in [-0.1, -0.05) is 23.2 Å². The first-order valence-electron chi connectivity index (χ1n) is 12.3. The van der Waals surface area contributed by atoms with Crippen LogP contribution in [0.1, 0.15) is 78.9 Å². The molecule has 1 N–H and O–H groups in total. The van der Waals surface area contributed by atoms with Crippen molar-refractivity contribution in [2.45, 2.75) is 64.8 Å². The van der Waals surface area contributed by atoms with Crippen LogP contribution >= 0.6 is 23.2 Å². The number of carboxylic acid groups (broad SMARTS) is 1. The summed E-state index contributed by atoms with van der Waals surface area (Å²) in [6, 6.07) is -0.920. The lowest BCUT2D eigenvalue weighted by Crippen LogP contribution is -2.48. The number of carboxylic acids is 1. The van der Waals surface area contributed by atoms with Gasteiger partial charge in [-0.25, -0.2) is 0 Å². The van der Waals surface area contributed by atoms with E-state index >= 15 is 0 Å². The van der Waals surface area contributed by atoms with Crippen molar-refractivity contribution in [1.82, 2.24) is 19.7 Å². The maximum atomic E-state index is 14.3. The number of hydrogen-bond acceptors (Lipinski definition) is 5. The van der Waals surface area contributed by atoms with Crippen molar-refractivity contribution >= 4 is 40.9 Å². The summed E-state index contributed by atoms with van der Waals surface area (Å²) in [6.07, 6.45) is -7.29. The summed E-state index contributed by atoms with van der Waals surface area (Å²) < 4.78 is 84.9. The fourth-order valence-corrected chi connectivity index (χ4v) is 5.22. The second-order valence-electron chi connectivity index (χ2n) is 10.9. The second-order valence-corrected chi connectivity index (χ2v) is 11.7. The van der Waals surface area contributed by atoms with Gasteiger partial charge >= 0.3 is 18.3 Å². The van der Waals surface area contributed by atoms with Gasteiger partial charge in [0.05, 0.1) is 50.8 Å². The Morgan fingerprint density at radius 1 is 1.05 bits per heavy atom. The van der Waals surface area contributed by atoms with E-state index in [0.29, 0.717) is 15.8 Å². The van der Waals surface area contributed by atoms with E-state index in [0.717, 1.165) is 26.2 Å². The quantitative estimate of drug-likeness (QED) is 0.256. The molecule has 0 saturated heterocycles. The average Bonchev–Trinajstić information content (AvgIpc) is 3.28. The Kier molecular flexibility index (Phi) is 9.10. The highest BCUT2D eigenvalue weighted by atomic mass is 35.5. The molecular formula is C25H26Cl2F6N4O4. The van der Waals surface area contributed by atoms with Crippen molar-refractivity contribution < 1.29 is 45.8 Å². The number of halogens is 8. The van der Waals surface area contributed by atoms with Crippen LogP contribution in [0.15, 0.2) is 18.6 Å². The number of aliphatic carboxylic acids is 1. The molecule has 2 aromatic heterocycles. The summed E-state index contributed by atoms with van der Waals surface area (Å²) in [4.78, 5) is 42.2. The summed E-state index contributed by atoms with van der Waals surface area (Å²) in [7, 11) is 0. The fourth-order valence-electron chi connectivity index (χ4n) is 4.64. The summed E-state index contributed by atoms with van der Waals surface area (Å²) in [5.41, 5.74) is -6.69. The van der Waals surface area contributed by atoms with Crippen LogP contribution in [0.4, 0.5) is 26.3 Å². The number of Topliss-reactive ketones (excluding diaryl/α,β-unsaturated/α-hetero) is 1. The zero-order valence-corrected chi connectivity index (χ0v) is 23.5. The average molecular weight is 631 g/mol. The van der Waals surface area contributed by atoms with Gasteiger partial charge in [0, 0.05) is 18.9 Å². The predicted octanol–water partition coefficient (Wildman–Crippen LogP) is 6.72. The van der Waals surface area contributed by atoms with E-state index in [2.05, 4.69) is 10.1 Å². The fraction of sp³-hybridized carbons (Fsp3) is 0.560. The van der Waals surface area contributed by atoms with E-state index < -0.39 is 71.2 Å². The largest absolute Gasteiger partial charge is 0.481 e. The van der Waals surface area contributed by atoms with Crippen LogP contribution < -0.4 is 0 Å². The standard InChI is InChI=1S/C25H26Cl2F6N4O4/c1-22(2,25(31,32)33)12-36(11-17(38)18-15(26)9-34-10-16(18)27)20(39)14-8-35-37(19(14)24(28,29)30)13-4-6-23(3,7-5-13)21(40)41/h8-10,13H,4-7,11-12H2,1-3H3,(H,40,41). The topological polar surface area (TPSA) is 105 Å². The van der Waals surface area contributed by atoms with Crippen molar-refractivity contribution in [2.24, 2.45) is 10.8 Å². The maximum Gasteiger partial charge on any atom is 0.433 e. The molecule has 0 aliphatic heterocycles. The van der Waals surface area contributed by atoms with Gasteiger partial charge in [0.2, 0.25) is 0 Å². The number of aromatic nitrogens is 3. The van der Waals surface area contributed by atoms with Gasteiger partial charge in [0.1, 0.15) is 0 Å². The van der Waals surface area contributed by atoms with Crippen LogP contribution in [0.3, 0.4) is 0 Å². The molecule has 41 heavy (non-hydrogen) atoms. The maximum absolute atomic E-state index is 14.3. The molecule has 1 aliphatic rings. The number of nitrogens with zero attached hydrogens (tertiary/aromatic N) is 4. The van der Waals surface area contributed by atoms with Crippen LogP contribution in [-0.2, 0) is 11.0 Å². The predicted molar refractivity (Wildman–Crippen MR) is 135 cm³/mol. The van der Waals surface area contributed by atoms with E-state index in [9.17, 15) is 45.8 Å². The van der Waals surface area contributed by atoms with Crippen molar-refractivity contribution in [3.8, 4) is 0 Å². The molecule has 1 fully saturated rings. The lowest BCUT2D eigenvalue weighted by Gasteiger charge is -2.35. The number of pyridine rings is 1. The Bertz CT molecular complexity index is 1310. The molecular weight excluding hydrogens is 605 g/mol. The normalized spacial score (nSPS) is 20.1. The molecule has 16 heteroatoms. The zero-order chi connectivity index (χ0) is 31.1. The minimum absolute atomic E-state index is 0.00351. The lowest BCUT2D eigenvalue weighted by atomic mass is 9.74. The van der Waals surface area contributed by atoms with E-state index in [1.54, 1.807) is 0 Å². The molecule has 226 valence electrons. The highest BCUT2D eigenvalue weighted by Crippen LogP contribution is 2.44. The summed E-state index contributed by atoms with van der Waals surface area (Å²) in [6.45, 7) is 0.696. The van der Waals surface area contributed by atoms with Gasteiger partial charge in [-0.3, -0.25) is 24.0 Å². The minimum Gasteiger partial charge on any atom is -0.481 e. The molecule has 1 saturated carbocycles. The molecule has 3 rings (SSSR count). The molecule has 1 aliphatic carbocycles. The molecule has 8 nitrogen and oxygen atoms in total. The highest BCUT2D eigenvalue weighted by Gasteiger charge is 2.50. The van der Waals surface area contributed by atoms with E-state index in [1.165, 1.54) is 6.92 Å². The number of amides is 1. The Balaban J connectivity index is 2.05. The van der Waals surface area contributed by atoms with Crippen LogP contribution in [-0.4, -0.2) is 61.7 Å². The first-order chi connectivity index (χ1) is 18.7. The molecule has 0 aromatic carbocycles. The third-order valence-corrected chi connectivity index (χ3v) is 7.90. The number of hydrogen-bond donors (Lipinski definition) is 1. The molecule has 0 spiro atoms. The minimum atomic E-state index is -5.16. The van der Waals surface area contributed by atoms with Crippen molar-refractivity contribution in [3.63, 3.8) is 0 Å². The first-order valence-corrected chi connectivity index (χ1v) is 13.0.